The highest BCUT2D eigenvalue weighted by atomic mass is 16.5. The van der Waals surface area contributed by atoms with Crippen LogP contribution in [0.5, 0.6) is 11.5 Å². The standard InChI is InChI=1S/C22H24N2O5/c1-3-10-28-17-9-8-16(13-25)20(12-17)29-14-22(27)24-15(2)11-21(26)23-18-6-4-5-7-19(18)24/h4-9,12-13,15H,3,10-11,14H2,1-2H3,(H,23,26)/t15-/m0/s1. The number of hydrogen-bond acceptors (Lipinski definition) is 5. The van der Waals surface area contributed by atoms with E-state index in [0.29, 0.717) is 35.6 Å². The molecule has 0 aliphatic carbocycles. The predicted molar refractivity (Wildman–Crippen MR) is 110 cm³/mol. The molecule has 1 aliphatic rings. The normalized spacial score (nSPS) is 15.7. The summed E-state index contributed by atoms with van der Waals surface area (Å²) in [5.74, 6) is 0.401. The van der Waals surface area contributed by atoms with E-state index in [0.717, 1.165) is 6.42 Å². The smallest absolute Gasteiger partial charge is 0.265 e. The second-order valence-corrected chi connectivity index (χ2v) is 6.84. The van der Waals surface area contributed by atoms with Crippen LogP contribution in [0.1, 0.15) is 37.0 Å². The molecule has 152 valence electrons. The van der Waals surface area contributed by atoms with E-state index in [2.05, 4.69) is 5.32 Å². The maximum Gasteiger partial charge on any atom is 0.265 e. The lowest BCUT2D eigenvalue weighted by molar-refractivity contribution is -0.121. The van der Waals surface area contributed by atoms with Gasteiger partial charge >= 0.3 is 0 Å². The Balaban J connectivity index is 1.80. The summed E-state index contributed by atoms with van der Waals surface area (Å²) in [6, 6.07) is 11.7. The molecule has 0 spiro atoms. The Kier molecular flexibility index (Phi) is 6.49. The number of carbonyl (C=O) groups excluding carboxylic acids is 3. The van der Waals surface area contributed by atoms with Gasteiger partial charge in [0.2, 0.25) is 5.91 Å². The second kappa shape index (κ2) is 9.23. The quantitative estimate of drug-likeness (QED) is 0.725. The minimum atomic E-state index is -0.334. The lowest BCUT2D eigenvalue weighted by atomic mass is 10.1. The van der Waals surface area contributed by atoms with Gasteiger partial charge in [-0.15, -0.1) is 0 Å². The van der Waals surface area contributed by atoms with Crippen molar-refractivity contribution in [2.75, 3.05) is 23.4 Å². The van der Waals surface area contributed by atoms with Crippen LogP contribution in [0.15, 0.2) is 42.5 Å². The number of ether oxygens (including phenoxy) is 2. The predicted octanol–water partition coefficient (Wildman–Crippen LogP) is 3.43. The van der Waals surface area contributed by atoms with Crippen molar-refractivity contribution < 1.29 is 23.9 Å². The van der Waals surface area contributed by atoms with E-state index in [1.54, 1.807) is 41.3 Å². The van der Waals surface area contributed by atoms with Crippen molar-refractivity contribution in [3.05, 3.63) is 48.0 Å². The lowest BCUT2D eigenvalue weighted by Crippen LogP contribution is -2.41. The van der Waals surface area contributed by atoms with Crippen LogP contribution in [-0.4, -0.2) is 37.4 Å². The molecule has 7 heteroatoms. The van der Waals surface area contributed by atoms with Crippen LogP contribution >= 0.6 is 0 Å². The zero-order valence-corrected chi connectivity index (χ0v) is 16.5. The minimum Gasteiger partial charge on any atom is -0.493 e. The summed E-state index contributed by atoms with van der Waals surface area (Å²) < 4.78 is 11.3. The Labute approximate surface area is 169 Å². The first-order valence-electron chi connectivity index (χ1n) is 9.59. The van der Waals surface area contributed by atoms with Crippen LogP contribution in [0.25, 0.3) is 0 Å². The zero-order chi connectivity index (χ0) is 20.8. The van der Waals surface area contributed by atoms with Gasteiger partial charge in [-0.25, -0.2) is 0 Å². The molecule has 3 rings (SSSR count). The fourth-order valence-electron chi connectivity index (χ4n) is 3.22. The Bertz CT molecular complexity index is 912. The zero-order valence-electron chi connectivity index (χ0n) is 16.5. The number of para-hydroxylation sites is 2. The molecule has 2 aromatic carbocycles. The molecule has 0 saturated heterocycles. The van der Waals surface area contributed by atoms with Gasteiger partial charge in [-0.3, -0.25) is 14.4 Å². The number of amides is 2. The molecule has 0 saturated carbocycles. The summed E-state index contributed by atoms with van der Waals surface area (Å²) in [6.07, 6.45) is 1.71. The number of nitrogens with one attached hydrogen (secondary N) is 1. The fraction of sp³-hybridized carbons (Fsp3) is 0.318. The van der Waals surface area contributed by atoms with E-state index in [1.807, 2.05) is 19.9 Å². The number of benzene rings is 2. The van der Waals surface area contributed by atoms with Gasteiger partial charge in [0.1, 0.15) is 11.5 Å². The van der Waals surface area contributed by atoms with Crippen LogP contribution < -0.4 is 19.7 Å². The van der Waals surface area contributed by atoms with Crippen molar-refractivity contribution in [3.63, 3.8) is 0 Å². The Hall–Kier alpha value is -3.35. The molecule has 1 aliphatic heterocycles. The third-order valence-electron chi connectivity index (χ3n) is 4.56. The van der Waals surface area contributed by atoms with Crippen molar-refractivity contribution in [2.45, 2.75) is 32.7 Å². The number of anilines is 2. The van der Waals surface area contributed by atoms with Gasteiger partial charge < -0.3 is 19.7 Å². The fourth-order valence-corrected chi connectivity index (χ4v) is 3.22. The summed E-state index contributed by atoms with van der Waals surface area (Å²) in [4.78, 5) is 38.0. The molecule has 1 N–H and O–H groups in total. The summed E-state index contributed by atoms with van der Waals surface area (Å²) in [6.45, 7) is 4.08. The van der Waals surface area contributed by atoms with E-state index < -0.39 is 0 Å². The maximum absolute atomic E-state index is 13.0. The highest BCUT2D eigenvalue weighted by Crippen LogP contribution is 2.31. The van der Waals surface area contributed by atoms with Crippen molar-refractivity contribution in [1.82, 2.24) is 0 Å². The van der Waals surface area contributed by atoms with Gasteiger partial charge in [0.15, 0.2) is 12.9 Å². The lowest BCUT2D eigenvalue weighted by Gasteiger charge is -2.27. The maximum atomic E-state index is 13.0. The number of rotatable bonds is 7. The number of hydrogen-bond donors (Lipinski definition) is 1. The van der Waals surface area contributed by atoms with Gasteiger partial charge in [-0.2, -0.15) is 0 Å². The van der Waals surface area contributed by atoms with E-state index in [9.17, 15) is 14.4 Å². The minimum absolute atomic E-state index is 0.148. The molecule has 0 bridgehead atoms. The molecule has 2 amide bonds. The molecule has 1 atom stereocenters. The van der Waals surface area contributed by atoms with Gasteiger partial charge in [0.25, 0.3) is 5.91 Å². The molecule has 0 radical (unpaired) electrons. The molecule has 0 aromatic heterocycles. The monoisotopic (exact) mass is 396 g/mol. The molecular weight excluding hydrogens is 372 g/mol. The van der Waals surface area contributed by atoms with Crippen molar-refractivity contribution in [1.29, 1.82) is 0 Å². The third kappa shape index (κ3) is 4.74. The number of nitrogens with zero attached hydrogens (tertiary/aromatic N) is 1. The third-order valence-corrected chi connectivity index (χ3v) is 4.56. The van der Waals surface area contributed by atoms with Crippen molar-refractivity contribution in [3.8, 4) is 11.5 Å². The van der Waals surface area contributed by atoms with Crippen molar-refractivity contribution >= 4 is 29.5 Å². The SMILES string of the molecule is CCCOc1ccc(C=O)c(OCC(=O)N2c3ccccc3NC(=O)C[C@@H]2C)c1. The molecule has 29 heavy (non-hydrogen) atoms. The highest BCUT2D eigenvalue weighted by Gasteiger charge is 2.29. The van der Waals surface area contributed by atoms with E-state index in [4.69, 9.17) is 9.47 Å². The van der Waals surface area contributed by atoms with Crippen LogP contribution in [0.3, 0.4) is 0 Å². The van der Waals surface area contributed by atoms with Crippen LogP contribution in [0.4, 0.5) is 11.4 Å². The van der Waals surface area contributed by atoms with Crippen LogP contribution in [0, 0.1) is 0 Å². The second-order valence-electron chi connectivity index (χ2n) is 6.84. The molecule has 0 fully saturated rings. The van der Waals surface area contributed by atoms with Gasteiger partial charge in [0, 0.05) is 18.5 Å². The first-order chi connectivity index (χ1) is 14.0. The number of carbonyl (C=O) groups is 3. The average molecular weight is 396 g/mol. The first kappa shape index (κ1) is 20.4. The van der Waals surface area contributed by atoms with E-state index in [-0.39, 0.29) is 36.6 Å². The van der Waals surface area contributed by atoms with Gasteiger partial charge in [-0.1, -0.05) is 19.1 Å². The Morgan fingerprint density at radius 3 is 2.79 bits per heavy atom. The largest absolute Gasteiger partial charge is 0.493 e. The Morgan fingerprint density at radius 2 is 2.03 bits per heavy atom. The van der Waals surface area contributed by atoms with Gasteiger partial charge in [0.05, 0.1) is 23.5 Å². The topological polar surface area (TPSA) is 84.9 Å². The van der Waals surface area contributed by atoms with Gasteiger partial charge in [-0.05, 0) is 37.6 Å². The summed E-state index contributed by atoms with van der Waals surface area (Å²) in [5, 5.41) is 2.82. The van der Waals surface area contributed by atoms with Crippen molar-refractivity contribution in [2.24, 2.45) is 0 Å². The first-order valence-corrected chi connectivity index (χ1v) is 9.59. The molecule has 2 aromatic rings. The molecule has 7 nitrogen and oxygen atoms in total. The number of aldehydes is 1. The summed E-state index contributed by atoms with van der Waals surface area (Å²) in [7, 11) is 0. The van der Waals surface area contributed by atoms with E-state index >= 15 is 0 Å². The molecule has 0 unspecified atom stereocenters. The molecule has 1 heterocycles. The average Bonchev–Trinajstić information content (AvgIpc) is 2.84. The van der Waals surface area contributed by atoms with Crippen LogP contribution in [-0.2, 0) is 9.59 Å². The summed E-state index contributed by atoms with van der Waals surface area (Å²) >= 11 is 0. The summed E-state index contributed by atoms with van der Waals surface area (Å²) in [5.41, 5.74) is 1.54. The highest BCUT2D eigenvalue weighted by molar-refractivity contribution is 6.04. The number of fused-ring (bicyclic) bond motifs is 1. The van der Waals surface area contributed by atoms with E-state index in [1.165, 1.54) is 0 Å². The molecular formula is C22H24N2O5. The Morgan fingerprint density at radius 1 is 1.24 bits per heavy atom. The van der Waals surface area contributed by atoms with Crippen LogP contribution in [0.2, 0.25) is 0 Å².